The van der Waals surface area contributed by atoms with Gasteiger partial charge in [-0.15, -0.1) is 0 Å². The average Bonchev–Trinajstić information content (AvgIpc) is 3.27. The van der Waals surface area contributed by atoms with Crippen LogP contribution in [0.2, 0.25) is 0 Å². The van der Waals surface area contributed by atoms with Gasteiger partial charge in [-0.05, 0) is 47.9 Å². The molecule has 5 nitrogen and oxygen atoms in total. The van der Waals surface area contributed by atoms with Crippen LogP contribution < -0.4 is 0 Å². The molecule has 0 radical (unpaired) electrons. The molecule has 3 aromatic rings. The van der Waals surface area contributed by atoms with Gasteiger partial charge in [0.1, 0.15) is 0 Å². The van der Waals surface area contributed by atoms with Crippen molar-refractivity contribution < 1.29 is 0 Å². The molecule has 0 saturated heterocycles. The predicted molar refractivity (Wildman–Crippen MR) is 115 cm³/mol. The van der Waals surface area contributed by atoms with Gasteiger partial charge in [-0.25, -0.2) is 14.3 Å². The van der Waals surface area contributed by atoms with E-state index in [1.165, 1.54) is 11.4 Å². The minimum Gasteiger partial charge on any atom is -0.219 e. The summed E-state index contributed by atoms with van der Waals surface area (Å²) in [5.41, 5.74) is 4.56. The van der Waals surface area contributed by atoms with E-state index in [0.717, 1.165) is 23.0 Å². The fourth-order valence-electron chi connectivity index (χ4n) is 3.23. The Labute approximate surface area is 168 Å². The van der Waals surface area contributed by atoms with Gasteiger partial charge in [-0.3, -0.25) is 0 Å². The van der Waals surface area contributed by atoms with E-state index < -0.39 is 0 Å². The molecule has 3 aromatic heterocycles. The molecular weight excluding hydrogens is 346 g/mol. The van der Waals surface area contributed by atoms with Gasteiger partial charge in [0.2, 0.25) is 0 Å². The number of rotatable bonds is 6. The van der Waals surface area contributed by atoms with Crippen molar-refractivity contribution in [2.75, 3.05) is 0 Å². The Kier molecular flexibility index (Phi) is 5.73. The van der Waals surface area contributed by atoms with Crippen LogP contribution >= 0.6 is 0 Å². The lowest BCUT2D eigenvalue weighted by molar-refractivity contribution is 0.681. The van der Waals surface area contributed by atoms with E-state index in [9.17, 15) is 0 Å². The zero-order valence-electron chi connectivity index (χ0n) is 18.4. The fourth-order valence-corrected chi connectivity index (χ4v) is 3.23. The van der Waals surface area contributed by atoms with Crippen molar-refractivity contribution in [3.63, 3.8) is 0 Å². The fraction of sp³-hybridized carbons (Fsp3) is 0.522. The molecule has 0 spiro atoms. The Hall–Kier alpha value is -2.43. The molecule has 0 atom stereocenters. The first-order valence-corrected chi connectivity index (χ1v) is 10.4. The lowest BCUT2D eigenvalue weighted by atomic mass is 10.1. The molecule has 0 bridgehead atoms. The minimum atomic E-state index is 0.369. The Bertz CT molecular complexity index is 870. The standard InChI is InChI=1S/C23H33N5/c1-14(2)18-12-20(16(5)6)27(25-18)22-10-9-11-23(24-22)28-21(17(7)8)13-19(26-28)15(3)4/h9-17H,1-8H3. The molecule has 0 aliphatic rings. The highest BCUT2D eigenvalue weighted by molar-refractivity contribution is 5.36. The summed E-state index contributed by atoms with van der Waals surface area (Å²) in [6.07, 6.45) is 0. The van der Waals surface area contributed by atoms with Crippen molar-refractivity contribution >= 4 is 0 Å². The third-order valence-corrected chi connectivity index (χ3v) is 5.03. The highest BCUT2D eigenvalue weighted by atomic mass is 15.4. The minimum absolute atomic E-state index is 0.369. The van der Waals surface area contributed by atoms with E-state index in [4.69, 9.17) is 15.2 Å². The van der Waals surface area contributed by atoms with Gasteiger partial charge in [0, 0.05) is 11.4 Å². The van der Waals surface area contributed by atoms with Gasteiger partial charge >= 0.3 is 0 Å². The van der Waals surface area contributed by atoms with Crippen LogP contribution in [0.25, 0.3) is 11.6 Å². The Morgan fingerprint density at radius 3 is 1.32 bits per heavy atom. The van der Waals surface area contributed by atoms with E-state index in [0.29, 0.717) is 23.7 Å². The van der Waals surface area contributed by atoms with Crippen LogP contribution in [0, 0.1) is 0 Å². The molecule has 0 fully saturated rings. The molecule has 3 heterocycles. The second-order valence-electron chi connectivity index (χ2n) is 8.78. The van der Waals surface area contributed by atoms with E-state index in [2.05, 4.69) is 67.5 Å². The van der Waals surface area contributed by atoms with E-state index >= 15 is 0 Å². The second kappa shape index (κ2) is 7.90. The smallest absolute Gasteiger partial charge is 0.156 e. The maximum Gasteiger partial charge on any atom is 0.156 e. The summed E-state index contributed by atoms with van der Waals surface area (Å²) in [6, 6.07) is 10.5. The number of aromatic nitrogens is 5. The van der Waals surface area contributed by atoms with Gasteiger partial charge < -0.3 is 0 Å². The molecule has 5 heteroatoms. The summed E-state index contributed by atoms with van der Waals surface area (Å²) in [4.78, 5) is 4.95. The molecule has 0 amide bonds. The van der Waals surface area contributed by atoms with Gasteiger partial charge in [-0.1, -0.05) is 61.5 Å². The highest BCUT2D eigenvalue weighted by Crippen LogP contribution is 2.26. The van der Waals surface area contributed by atoms with Crippen LogP contribution in [0.1, 0.15) is 102 Å². The van der Waals surface area contributed by atoms with Crippen LogP contribution in [0.4, 0.5) is 0 Å². The van der Waals surface area contributed by atoms with Crippen molar-refractivity contribution in [1.29, 1.82) is 0 Å². The zero-order valence-corrected chi connectivity index (χ0v) is 18.4. The molecule has 0 aromatic carbocycles. The third-order valence-electron chi connectivity index (χ3n) is 5.03. The predicted octanol–water partition coefficient (Wildman–Crippen LogP) is 5.95. The number of hydrogen-bond acceptors (Lipinski definition) is 3. The van der Waals surface area contributed by atoms with Crippen LogP contribution in [0.3, 0.4) is 0 Å². The molecule has 0 aliphatic heterocycles. The van der Waals surface area contributed by atoms with Crippen molar-refractivity contribution in [3.8, 4) is 11.6 Å². The van der Waals surface area contributed by atoms with Crippen LogP contribution in [0.5, 0.6) is 0 Å². The van der Waals surface area contributed by atoms with Crippen LogP contribution in [0.15, 0.2) is 30.3 Å². The Balaban J connectivity index is 2.12. The largest absolute Gasteiger partial charge is 0.219 e. The van der Waals surface area contributed by atoms with Crippen molar-refractivity contribution in [1.82, 2.24) is 24.5 Å². The maximum atomic E-state index is 4.95. The number of hydrogen-bond donors (Lipinski definition) is 0. The van der Waals surface area contributed by atoms with E-state index in [1.807, 2.05) is 27.6 Å². The number of nitrogens with zero attached hydrogens (tertiary/aromatic N) is 5. The molecule has 0 unspecified atom stereocenters. The van der Waals surface area contributed by atoms with Crippen molar-refractivity contribution in [2.24, 2.45) is 0 Å². The van der Waals surface area contributed by atoms with Gasteiger partial charge in [0.25, 0.3) is 0 Å². The summed E-state index contributed by atoms with van der Waals surface area (Å²) in [7, 11) is 0. The Morgan fingerprint density at radius 2 is 1.00 bits per heavy atom. The molecular formula is C23H33N5. The first kappa shape index (κ1) is 20.3. The molecule has 0 N–H and O–H groups in total. The van der Waals surface area contributed by atoms with Crippen molar-refractivity contribution in [2.45, 2.75) is 79.1 Å². The van der Waals surface area contributed by atoms with Crippen LogP contribution in [-0.2, 0) is 0 Å². The van der Waals surface area contributed by atoms with Gasteiger partial charge in [0.15, 0.2) is 11.6 Å². The van der Waals surface area contributed by atoms with Crippen LogP contribution in [-0.4, -0.2) is 24.5 Å². The molecule has 150 valence electrons. The highest BCUT2D eigenvalue weighted by Gasteiger charge is 2.18. The molecule has 0 aliphatic carbocycles. The average molecular weight is 380 g/mol. The number of pyridine rings is 1. The summed E-state index contributed by atoms with van der Waals surface area (Å²) >= 11 is 0. The monoisotopic (exact) mass is 379 g/mol. The summed E-state index contributed by atoms with van der Waals surface area (Å²) in [5, 5.41) is 9.70. The molecule has 28 heavy (non-hydrogen) atoms. The Morgan fingerprint density at radius 1 is 0.607 bits per heavy atom. The first-order chi connectivity index (χ1) is 13.2. The van der Waals surface area contributed by atoms with Gasteiger partial charge in [0.05, 0.1) is 11.4 Å². The lowest BCUT2D eigenvalue weighted by Gasteiger charge is -2.12. The topological polar surface area (TPSA) is 48.5 Å². The molecule has 3 rings (SSSR count). The third kappa shape index (κ3) is 3.89. The zero-order chi connectivity index (χ0) is 20.6. The SMILES string of the molecule is CC(C)c1cc(C(C)C)n(-c2cccc(-n3nc(C(C)C)cc3C(C)C)n2)n1. The van der Waals surface area contributed by atoms with Crippen molar-refractivity contribution in [3.05, 3.63) is 53.1 Å². The van der Waals surface area contributed by atoms with Gasteiger partial charge in [-0.2, -0.15) is 10.2 Å². The second-order valence-corrected chi connectivity index (χ2v) is 8.78. The van der Waals surface area contributed by atoms with E-state index in [1.54, 1.807) is 0 Å². The lowest BCUT2D eigenvalue weighted by Crippen LogP contribution is -2.10. The summed E-state index contributed by atoms with van der Waals surface area (Å²) in [5.74, 6) is 3.18. The summed E-state index contributed by atoms with van der Waals surface area (Å²) < 4.78 is 3.98. The molecule has 0 saturated carbocycles. The maximum absolute atomic E-state index is 4.95. The van der Waals surface area contributed by atoms with E-state index in [-0.39, 0.29) is 0 Å². The summed E-state index contributed by atoms with van der Waals surface area (Å²) in [6.45, 7) is 17.5. The normalized spacial score (nSPS) is 12.1. The quantitative estimate of drug-likeness (QED) is 0.532. The first-order valence-electron chi connectivity index (χ1n) is 10.4.